The molecule has 0 bridgehead atoms. The predicted octanol–water partition coefficient (Wildman–Crippen LogP) is 4.59. The summed E-state index contributed by atoms with van der Waals surface area (Å²) in [6, 6.07) is 8.11. The van der Waals surface area contributed by atoms with Crippen LogP contribution in [0, 0.1) is 5.92 Å². The zero-order chi connectivity index (χ0) is 22.6. The Kier molecular flexibility index (Phi) is 6.61. The van der Waals surface area contributed by atoms with Gasteiger partial charge in [0.25, 0.3) is 5.92 Å². The van der Waals surface area contributed by atoms with Crippen molar-refractivity contribution in [3.05, 3.63) is 53.9 Å². The third kappa shape index (κ3) is 6.02. The fourth-order valence-electron chi connectivity index (χ4n) is 3.42. The Hall–Kier alpha value is -2.98. The van der Waals surface area contributed by atoms with E-state index in [9.17, 15) is 26.7 Å². The van der Waals surface area contributed by atoms with Crippen molar-refractivity contribution in [2.75, 3.05) is 18.4 Å². The molecular formula is C20H21F5N4O2. The van der Waals surface area contributed by atoms with Crippen molar-refractivity contribution in [3.63, 3.8) is 0 Å². The van der Waals surface area contributed by atoms with Crippen molar-refractivity contribution in [2.24, 2.45) is 5.92 Å². The van der Waals surface area contributed by atoms with E-state index in [2.05, 4.69) is 15.3 Å². The van der Waals surface area contributed by atoms with Crippen LogP contribution in [0.2, 0.25) is 0 Å². The third-order valence-corrected chi connectivity index (χ3v) is 4.97. The molecule has 0 unspecified atom stereocenters. The molecule has 2 aromatic rings. The van der Waals surface area contributed by atoms with Gasteiger partial charge in [0.05, 0.1) is 18.2 Å². The zero-order valence-electron chi connectivity index (χ0n) is 16.6. The van der Waals surface area contributed by atoms with Crippen molar-refractivity contribution in [1.82, 2.24) is 14.9 Å². The molecule has 1 aromatic heterocycles. The van der Waals surface area contributed by atoms with Crippen molar-refractivity contribution in [2.45, 2.75) is 38.1 Å². The number of nitrogens with zero attached hydrogens (tertiary/aromatic N) is 3. The number of likely N-dealkylation sites (tertiary alicyclic amines) is 1. The Morgan fingerprint density at radius 1 is 1.23 bits per heavy atom. The van der Waals surface area contributed by atoms with Crippen molar-refractivity contribution >= 4 is 12.0 Å². The molecule has 1 amide bonds. The van der Waals surface area contributed by atoms with Crippen LogP contribution in [-0.4, -0.2) is 46.0 Å². The summed E-state index contributed by atoms with van der Waals surface area (Å²) in [4.78, 5) is 20.7. The molecule has 0 radical (unpaired) electrons. The number of nitrogens with one attached hydrogen (secondary N) is 1. The number of ether oxygens (including phenoxy) is 1. The normalized spacial score (nSPS) is 20.9. The molecule has 31 heavy (non-hydrogen) atoms. The Morgan fingerprint density at radius 2 is 1.87 bits per heavy atom. The largest absolute Gasteiger partial charge is 0.445 e. The summed E-state index contributed by atoms with van der Waals surface area (Å²) in [5.74, 6) is -3.78. The molecule has 1 N–H and O–H groups in total. The van der Waals surface area contributed by atoms with Gasteiger partial charge in [0.15, 0.2) is 0 Å². The highest BCUT2D eigenvalue weighted by Crippen LogP contribution is 2.35. The lowest BCUT2D eigenvalue weighted by Crippen LogP contribution is -2.57. The number of benzene rings is 1. The van der Waals surface area contributed by atoms with Crippen LogP contribution >= 0.6 is 0 Å². The van der Waals surface area contributed by atoms with Crippen LogP contribution in [-0.2, 0) is 17.5 Å². The molecule has 168 valence electrons. The molecule has 2 atom stereocenters. The molecule has 1 aromatic carbocycles. The van der Waals surface area contributed by atoms with Gasteiger partial charge in [-0.2, -0.15) is 13.2 Å². The SMILES string of the molecule is C[C@@H]1CC(F)(F)CN(C(=O)OCc2ccccc2)[C@@H]1CNc1ncc(C(F)(F)F)cn1. The summed E-state index contributed by atoms with van der Waals surface area (Å²) in [7, 11) is 0. The highest BCUT2D eigenvalue weighted by molar-refractivity contribution is 5.68. The van der Waals surface area contributed by atoms with Gasteiger partial charge in [-0.1, -0.05) is 37.3 Å². The minimum absolute atomic E-state index is 0.0248. The van der Waals surface area contributed by atoms with E-state index in [0.29, 0.717) is 18.0 Å². The monoisotopic (exact) mass is 444 g/mol. The first-order chi connectivity index (χ1) is 14.5. The molecule has 0 aliphatic carbocycles. The number of hydrogen-bond acceptors (Lipinski definition) is 5. The fraction of sp³-hybridized carbons (Fsp3) is 0.450. The van der Waals surface area contributed by atoms with E-state index in [-0.39, 0.29) is 19.1 Å². The molecule has 0 saturated carbocycles. The molecule has 2 heterocycles. The van der Waals surface area contributed by atoms with Gasteiger partial charge in [0.2, 0.25) is 5.95 Å². The van der Waals surface area contributed by atoms with Crippen LogP contribution in [0.15, 0.2) is 42.7 Å². The number of piperidine rings is 1. The Bertz CT molecular complexity index is 877. The first-order valence-electron chi connectivity index (χ1n) is 9.53. The molecular weight excluding hydrogens is 423 g/mol. The van der Waals surface area contributed by atoms with Crippen LogP contribution in [0.3, 0.4) is 0 Å². The number of carbonyl (C=O) groups is 1. The molecule has 1 saturated heterocycles. The third-order valence-electron chi connectivity index (χ3n) is 4.97. The second-order valence-electron chi connectivity index (χ2n) is 7.45. The lowest BCUT2D eigenvalue weighted by atomic mass is 9.89. The average molecular weight is 444 g/mol. The highest BCUT2D eigenvalue weighted by Gasteiger charge is 2.46. The van der Waals surface area contributed by atoms with Gasteiger partial charge in [-0.25, -0.2) is 23.5 Å². The van der Waals surface area contributed by atoms with Crippen LogP contribution in [0.5, 0.6) is 0 Å². The second-order valence-corrected chi connectivity index (χ2v) is 7.45. The number of carbonyl (C=O) groups excluding carboxylic acids is 1. The molecule has 0 spiro atoms. The van der Waals surface area contributed by atoms with Crippen molar-refractivity contribution in [3.8, 4) is 0 Å². The van der Waals surface area contributed by atoms with E-state index >= 15 is 0 Å². The minimum Gasteiger partial charge on any atom is -0.445 e. The first kappa shape index (κ1) is 22.7. The number of halogens is 5. The summed E-state index contributed by atoms with van der Waals surface area (Å²) < 4.78 is 71.3. The number of rotatable bonds is 5. The standard InChI is InChI=1S/C20H21F5N4O2/c1-13-7-19(21,22)12-29(18(30)31-11-14-5-3-2-4-6-14)16(13)10-28-17-26-8-15(9-27-17)20(23,24)25/h2-6,8-9,13,16H,7,10-12H2,1H3,(H,26,27,28)/t13-,16-/m1/s1. The summed E-state index contributed by atoms with van der Waals surface area (Å²) in [5, 5.41) is 2.73. The lowest BCUT2D eigenvalue weighted by Gasteiger charge is -2.42. The Balaban J connectivity index is 1.67. The molecule has 1 fully saturated rings. The maximum absolute atomic E-state index is 14.1. The van der Waals surface area contributed by atoms with Crippen LogP contribution < -0.4 is 5.32 Å². The molecule has 1 aliphatic heterocycles. The van der Waals surface area contributed by atoms with Gasteiger partial charge < -0.3 is 10.1 Å². The number of amides is 1. The molecule has 1 aliphatic rings. The summed E-state index contributed by atoms with van der Waals surface area (Å²) >= 11 is 0. The number of aromatic nitrogens is 2. The number of alkyl halides is 5. The summed E-state index contributed by atoms with van der Waals surface area (Å²) in [6.07, 6.45) is -4.65. The van der Waals surface area contributed by atoms with E-state index in [1.54, 1.807) is 37.3 Å². The van der Waals surface area contributed by atoms with Crippen LogP contribution in [0.1, 0.15) is 24.5 Å². The summed E-state index contributed by atoms with van der Waals surface area (Å²) in [6.45, 7) is 0.664. The lowest BCUT2D eigenvalue weighted by molar-refractivity contribution is -0.138. The van der Waals surface area contributed by atoms with Crippen LogP contribution in [0.25, 0.3) is 0 Å². The van der Waals surface area contributed by atoms with Crippen molar-refractivity contribution in [1.29, 1.82) is 0 Å². The first-order valence-corrected chi connectivity index (χ1v) is 9.53. The maximum atomic E-state index is 14.1. The van der Waals surface area contributed by atoms with E-state index in [0.717, 1.165) is 4.90 Å². The molecule has 11 heteroatoms. The highest BCUT2D eigenvalue weighted by atomic mass is 19.4. The van der Waals surface area contributed by atoms with Crippen molar-refractivity contribution < 1.29 is 31.5 Å². The fourth-order valence-corrected chi connectivity index (χ4v) is 3.42. The van der Waals surface area contributed by atoms with E-state index in [1.807, 2.05) is 0 Å². The smallest absolute Gasteiger partial charge is 0.419 e. The van der Waals surface area contributed by atoms with Gasteiger partial charge in [0, 0.05) is 25.4 Å². The average Bonchev–Trinajstić information content (AvgIpc) is 2.71. The second kappa shape index (κ2) is 9.03. The van der Waals surface area contributed by atoms with Crippen LogP contribution in [0.4, 0.5) is 32.7 Å². The van der Waals surface area contributed by atoms with E-state index < -0.39 is 48.7 Å². The zero-order valence-corrected chi connectivity index (χ0v) is 16.6. The van der Waals surface area contributed by atoms with Gasteiger partial charge >= 0.3 is 12.3 Å². The van der Waals surface area contributed by atoms with Gasteiger partial charge in [-0.05, 0) is 11.5 Å². The number of hydrogen-bond donors (Lipinski definition) is 1. The van der Waals surface area contributed by atoms with E-state index in [4.69, 9.17) is 4.74 Å². The molecule has 3 rings (SSSR count). The summed E-state index contributed by atoms with van der Waals surface area (Å²) in [5.41, 5.74) is -0.296. The minimum atomic E-state index is -4.57. The number of anilines is 1. The van der Waals surface area contributed by atoms with Gasteiger partial charge in [-0.3, -0.25) is 4.90 Å². The van der Waals surface area contributed by atoms with E-state index in [1.165, 1.54) is 0 Å². The quantitative estimate of drug-likeness (QED) is 0.684. The topological polar surface area (TPSA) is 67.3 Å². The Morgan fingerprint density at radius 3 is 2.48 bits per heavy atom. The predicted molar refractivity (Wildman–Crippen MR) is 101 cm³/mol. The Labute approximate surface area is 175 Å². The van der Waals surface area contributed by atoms with Gasteiger partial charge in [-0.15, -0.1) is 0 Å². The van der Waals surface area contributed by atoms with Gasteiger partial charge in [0.1, 0.15) is 6.61 Å². The molecule has 6 nitrogen and oxygen atoms in total. The maximum Gasteiger partial charge on any atom is 0.419 e.